The molecular formula is C21H26FN3O2. The quantitative estimate of drug-likeness (QED) is 0.899. The van der Waals surface area contributed by atoms with Gasteiger partial charge in [-0.15, -0.1) is 0 Å². The van der Waals surface area contributed by atoms with Gasteiger partial charge in [0.2, 0.25) is 0 Å². The smallest absolute Gasteiger partial charge is 0.282 e. The summed E-state index contributed by atoms with van der Waals surface area (Å²) in [7, 11) is 0. The molecule has 1 N–H and O–H groups in total. The van der Waals surface area contributed by atoms with Crippen molar-refractivity contribution in [3.8, 4) is 0 Å². The predicted molar refractivity (Wildman–Crippen MR) is 101 cm³/mol. The summed E-state index contributed by atoms with van der Waals surface area (Å²) in [6, 6.07) is 6.64. The van der Waals surface area contributed by atoms with E-state index in [0.717, 1.165) is 36.8 Å². The fraction of sp³-hybridized carbons (Fsp3) is 0.476. The maximum atomic E-state index is 13.7. The number of carbonyl (C=O) groups excluding carboxylic acids is 1. The van der Waals surface area contributed by atoms with Crippen molar-refractivity contribution in [2.75, 3.05) is 26.3 Å². The van der Waals surface area contributed by atoms with E-state index >= 15 is 0 Å². The lowest BCUT2D eigenvalue weighted by atomic mass is 9.95. The van der Waals surface area contributed by atoms with Gasteiger partial charge < -0.3 is 9.30 Å². The van der Waals surface area contributed by atoms with Gasteiger partial charge in [-0.2, -0.15) is 0 Å². The van der Waals surface area contributed by atoms with Crippen LogP contribution in [-0.2, 0) is 24.1 Å². The number of rotatable bonds is 4. The first-order valence-corrected chi connectivity index (χ1v) is 9.72. The normalized spacial score (nSPS) is 17.6. The minimum absolute atomic E-state index is 0.0831. The van der Waals surface area contributed by atoms with Crippen molar-refractivity contribution in [2.24, 2.45) is 0 Å². The van der Waals surface area contributed by atoms with Crippen molar-refractivity contribution in [1.82, 2.24) is 15.0 Å². The third-order valence-corrected chi connectivity index (χ3v) is 5.56. The molecule has 4 rings (SSSR count). The van der Waals surface area contributed by atoms with Crippen LogP contribution in [0.1, 0.15) is 45.7 Å². The topological polar surface area (TPSA) is 46.5 Å². The standard InChI is InChI=1S/C21H26FN3O2/c1-15-18-7-2-3-8-19(18)25(14-16-5-4-6-17(22)13-16)20(15)21(26)23-24-9-11-27-12-10-24/h4-6,13H,2-3,7-12,14H2,1H3,(H,23,26). The van der Waals surface area contributed by atoms with E-state index in [4.69, 9.17) is 4.74 Å². The van der Waals surface area contributed by atoms with Gasteiger partial charge in [0, 0.05) is 25.3 Å². The third kappa shape index (κ3) is 3.77. The highest BCUT2D eigenvalue weighted by Crippen LogP contribution is 2.30. The molecule has 1 aliphatic carbocycles. The number of hydrogen-bond donors (Lipinski definition) is 1. The van der Waals surface area contributed by atoms with E-state index < -0.39 is 0 Å². The first-order valence-electron chi connectivity index (χ1n) is 9.72. The van der Waals surface area contributed by atoms with E-state index in [-0.39, 0.29) is 11.7 Å². The Morgan fingerprint density at radius 3 is 2.78 bits per heavy atom. The molecule has 0 radical (unpaired) electrons. The lowest BCUT2D eigenvalue weighted by Gasteiger charge is -2.27. The highest BCUT2D eigenvalue weighted by Gasteiger charge is 2.27. The number of nitrogens with zero attached hydrogens (tertiary/aromatic N) is 2. The van der Waals surface area contributed by atoms with Gasteiger partial charge in [-0.05, 0) is 61.4 Å². The number of ether oxygens (including phenoxy) is 1. The summed E-state index contributed by atoms with van der Waals surface area (Å²) in [6.45, 7) is 5.19. The zero-order valence-corrected chi connectivity index (χ0v) is 15.8. The summed E-state index contributed by atoms with van der Waals surface area (Å²) in [5.74, 6) is -0.329. The van der Waals surface area contributed by atoms with Crippen LogP contribution in [0.15, 0.2) is 24.3 Å². The van der Waals surface area contributed by atoms with Crippen molar-refractivity contribution in [3.63, 3.8) is 0 Å². The summed E-state index contributed by atoms with van der Waals surface area (Å²) in [5, 5.41) is 1.92. The van der Waals surface area contributed by atoms with Gasteiger partial charge >= 0.3 is 0 Å². The average molecular weight is 371 g/mol. The monoisotopic (exact) mass is 371 g/mol. The SMILES string of the molecule is Cc1c2c(n(Cc3cccc(F)c3)c1C(=O)NN1CCOCC1)CCCC2. The minimum atomic E-state index is -0.246. The van der Waals surface area contributed by atoms with E-state index in [1.165, 1.54) is 17.3 Å². The molecule has 1 aliphatic heterocycles. The molecule has 144 valence electrons. The zero-order valence-electron chi connectivity index (χ0n) is 15.8. The molecule has 1 aromatic heterocycles. The van der Waals surface area contributed by atoms with Crippen LogP contribution in [0.5, 0.6) is 0 Å². The van der Waals surface area contributed by atoms with Crippen molar-refractivity contribution < 1.29 is 13.9 Å². The Kier molecular flexibility index (Phi) is 5.27. The molecule has 1 aromatic carbocycles. The Hall–Kier alpha value is -2.18. The Bertz CT molecular complexity index is 840. The Morgan fingerprint density at radius 1 is 1.22 bits per heavy atom. The molecule has 5 nitrogen and oxygen atoms in total. The maximum Gasteiger partial charge on any atom is 0.282 e. The molecule has 6 heteroatoms. The fourth-order valence-electron chi connectivity index (χ4n) is 4.23. The van der Waals surface area contributed by atoms with Crippen molar-refractivity contribution in [2.45, 2.75) is 39.2 Å². The molecule has 2 heterocycles. The number of carbonyl (C=O) groups is 1. The highest BCUT2D eigenvalue weighted by atomic mass is 19.1. The molecule has 0 saturated carbocycles. The van der Waals surface area contributed by atoms with Crippen molar-refractivity contribution in [1.29, 1.82) is 0 Å². The Labute approximate surface area is 159 Å². The summed E-state index contributed by atoms with van der Waals surface area (Å²) < 4.78 is 21.1. The molecule has 2 aliphatic rings. The van der Waals surface area contributed by atoms with Crippen molar-refractivity contribution >= 4 is 5.91 Å². The molecule has 1 amide bonds. The van der Waals surface area contributed by atoms with Crippen LogP contribution in [0.3, 0.4) is 0 Å². The Balaban J connectivity index is 1.68. The number of benzene rings is 1. The number of amides is 1. The van der Waals surface area contributed by atoms with Gasteiger partial charge in [-0.25, -0.2) is 9.40 Å². The molecule has 1 saturated heterocycles. The fourth-order valence-corrected chi connectivity index (χ4v) is 4.23. The van der Waals surface area contributed by atoms with Gasteiger partial charge in [0.25, 0.3) is 5.91 Å². The van der Waals surface area contributed by atoms with Crippen LogP contribution in [0, 0.1) is 12.7 Å². The lowest BCUT2D eigenvalue weighted by Crippen LogP contribution is -2.48. The first kappa shape index (κ1) is 18.2. The summed E-state index contributed by atoms with van der Waals surface area (Å²) in [6.07, 6.45) is 4.26. The van der Waals surface area contributed by atoms with E-state index in [9.17, 15) is 9.18 Å². The second-order valence-corrected chi connectivity index (χ2v) is 7.36. The second kappa shape index (κ2) is 7.82. The molecule has 0 atom stereocenters. The van der Waals surface area contributed by atoms with Crippen LogP contribution in [0.4, 0.5) is 4.39 Å². The average Bonchev–Trinajstić information content (AvgIpc) is 2.95. The van der Waals surface area contributed by atoms with E-state index in [2.05, 4.69) is 9.99 Å². The number of nitrogens with one attached hydrogen (secondary N) is 1. The Morgan fingerprint density at radius 2 is 2.00 bits per heavy atom. The number of hydrogen-bond acceptors (Lipinski definition) is 3. The van der Waals surface area contributed by atoms with Gasteiger partial charge in [0.1, 0.15) is 11.5 Å². The van der Waals surface area contributed by atoms with Crippen LogP contribution in [-0.4, -0.2) is 41.8 Å². The van der Waals surface area contributed by atoms with Gasteiger partial charge in [-0.3, -0.25) is 10.2 Å². The lowest BCUT2D eigenvalue weighted by molar-refractivity contribution is 0.0123. The van der Waals surface area contributed by atoms with E-state index in [1.54, 1.807) is 12.1 Å². The number of aromatic nitrogens is 1. The van der Waals surface area contributed by atoms with E-state index in [1.807, 2.05) is 18.0 Å². The molecular weight excluding hydrogens is 345 g/mol. The largest absolute Gasteiger partial charge is 0.379 e. The van der Waals surface area contributed by atoms with Crippen molar-refractivity contribution in [3.05, 3.63) is 58.2 Å². The van der Waals surface area contributed by atoms with Crippen LogP contribution >= 0.6 is 0 Å². The molecule has 0 unspecified atom stereocenters. The minimum Gasteiger partial charge on any atom is -0.379 e. The summed E-state index contributed by atoms with van der Waals surface area (Å²) >= 11 is 0. The number of hydrazine groups is 1. The molecule has 0 bridgehead atoms. The van der Waals surface area contributed by atoms with Gasteiger partial charge in [0.05, 0.1) is 13.2 Å². The van der Waals surface area contributed by atoms with E-state index in [0.29, 0.717) is 38.5 Å². The molecule has 0 spiro atoms. The maximum absolute atomic E-state index is 13.7. The zero-order chi connectivity index (χ0) is 18.8. The first-order chi connectivity index (χ1) is 13.1. The second-order valence-electron chi connectivity index (χ2n) is 7.36. The van der Waals surface area contributed by atoms with Crippen LogP contribution < -0.4 is 5.43 Å². The number of fused-ring (bicyclic) bond motifs is 1. The molecule has 2 aromatic rings. The molecule has 1 fully saturated rings. The molecule has 27 heavy (non-hydrogen) atoms. The van der Waals surface area contributed by atoms with Crippen LogP contribution in [0.25, 0.3) is 0 Å². The summed E-state index contributed by atoms with van der Waals surface area (Å²) in [4.78, 5) is 13.1. The van der Waals surface area contributed by atoms with Gasteiger partial charge in [0.15, 0.2) is 0 Å². The number of morpholine rings is 1. The van der Waals surface area contributed by atoms with Gasteiger partial charge in [-0.1, -0.05) is 12.1 Å². The third-order valence-electron chi connectivity index (χ3n) is 5.56. The highest BCUT2D eigenvalue weighted by molar-refractivity contribution is 5.94. The van der Waals surface area contributed by atoms with Crippen LogP contribution in [0.2, 0.25) is 0 Å². The predicted octanol–water partition coefficient (Wildman–Crippen LogP) is 2.84. The summed E-state index contributed by atoms with van der Waals surface area (Å²) in [5.41, 5.74) is 8.21. The number of halogens is 1.